The summed E-state index contributed by atoms with van der Waals surface area (Å²) < 4.78 is 17.1. The fourth-order valence-corrected chi connectivity index (χ4v) is 3.35. The van der Waals surface area contributed by atoms with Crippen molar-refractivity contribution in [3.8, 4) is 17.2 Å². The van der Waals surface area contributed by atoms with Crippen molar-refractivity contribution in [1.29, 1.82) is 0 Å². The van der Waals surface area contributed by atoms with Crippen LogP contribution in [0.1, 0.15) is 47.1 Å². The molecule has 0 aliphatic carbocycles. The highest BCUT2D eigenvalue weighted by molar-refractivity contribution is 6.06. The van der Waals surface area contributed by atoms with Gasteiger partial charge in [-0.3, -0.25) is 9.59 Å². The van der Waals surface area contributed by atoms with Crippen LogP contribution in [-0.4, -0.2) is 31.6 Å². The quantitative estimate of drug-likeness (QED) is 0.404. The number of carbonyl (C=O) groups excluding carboxylic acids is 2. The molecule has 0 radical (unpaired) electrons. The van der Waals surface area contributed by atoms with Crippen LogP contribution in [0, 0.1) is 6.92 Å². The molecule has 178 valence electrons. The van der Waals surface area contributed by atoms with E-state index in [9.17, 15) is 9.59 Å². The maximum atomic E-state index is 12.9. The fourth-order valence-electron chi connectivity index (χ4n) is 3.35. The molecule has 34 heavy (non-hydrogen) atoms. The van der Waals surface area contributed by atoms with E-state index < -0.39 is 0 Å². The molecule has 0 saturated heterocycles. The van der Waals surface area contributed by atoms with Gasteiger partial charge in [-0.15, -0.1) is 0 Å². The molecule has 0 aliphatic rings. The van der Waals surface area contributed by atoms with E-state index in [1.807, 2.05) is 45.9 Å². The minimum atomic E-state index is -0.318. The predicted octanol–water partition coefficient (Wildman–Crippen LogP) is 5.70. The van der Waals surface area contributed by atoms with Crippen molar-refractivity contribution in [3.05, 3.63) is 77.4 Å². The van der Waals surface area contributed by atoms with E-state index in [1.165, 1.54) is 0 Å². The Morgan fingerprint density at radius 3 is 1.65 bits per heavy atom. The molecule has 0 bridgehead atoms. The number of hydrogen-bond acceptors (Lipinski definition) is 5. The molecule has 0 saturated carbocycles. The third-order valence-electron chi connectivity index (χ3n) is 4.85. The smallest absolute Gasteiger partial charge is 0.255 e. The SMILES string of the molecule is CCOc1cc(C(=O)Nc2ccc(NC(=O)c3cccc(C)c3)cc2)cc(OCC)c1OCC. The minimum absolute atomic E-state index is 0.193. The Bertz CT molecular complexity index is 1120. The predicted molar refractivity (Wildman–Crippen MR) is 133 cm³/mol. The molecule has 3 aromatic carbocycles. The molecule has 2 amide bonds. The Balaban J connectivity index is 1.74. The van der Waals surface area contributed by atoms with E-state index in [0.717, 1.165) is 5.56 Å². The summed E-state index contributed by atoms with van der Waals surface area (Å²) in [5, 5.41) is 5.72. The zero-order chi connectivity index (χ0) is 24.5. The van der Waals surface area contributed by atoms with Crippen LogP contribution in [0.3, 0.4) is 0 Å². The molecule has 0 unspecified atom stereocenters. The normalized spacial score (nSPS) is 10.4. The van der Waals surface area contributed by atoms with E-state index in [4.69, 9.17) is 14.2 Å². The van der Waals surface area contributed by atoms with Gasteiger partial charge < -0.3 is 24.8 Å². The van der Waals surface area contributed by atoms with Crippen molar-refractivity contribution >= 4 is 23.2 Å². The van der Waals surface area contributed by atoms with E-state index in [2.05, 4.69) is 10.6 Å². The maximum absolute atomic E-state index is 12.9. The maximum Gasteiger partial charge on any atom is 0.255 e. The number of benzene rings is 3. The summed E-state index contributed by atoms with van der Waals surface area (Å²) in [6.45, 7) is 8.83. The van der Waals surface area contributed by atoms with Gasteiger partial charge in [-0.25, -0.2) is 0 Å². The number of nitrogens with one attached hydrogen (secondary N) is 2. The average molecular weight is 463 g/mol. The van der Waals surface area contributed by atoms with Gasteiger partial charge >= 0.3 is 0 Å². The van der Waals surface area contributed by atoms with Crippen LogP contribution in [0.4, 0.5) is 11.4 Å². The van der Waals surface area contributed by atoms with Gasteiger partial charge in [0.05, 0.1) is 19.8 Å². The van der Waals surface area contributed by atoms with Crippen LogP contribution in [0.2, 0.25) is 0 Å². The van der Waals surface area contributed by atoms with E-state index in [-0.39, 0.29) is 11.8 Å². The van der Waals surface area contributed by atoms with Crippen LogP contribution in [0.25, 0.3) is 0 Å². The summed E-state index contributed by atoms with van der Waals surface area (Å²) in [5.41, 5.74) is 3.20. The lowest BCUT2D eigenvalue weighted by Gasteiger charge is -2.17. The van der Waals surface area contributed by atoms with Gasteiger partial charge in [-0.2, -0.15) is 0 Å². The molecular formula is C27H30N2O5. The van der Waals surface area contributed by atoms with Crippen LogP contribution in [-0.2, 0) is 0 Å². The summed E-state index contributed by atoms with van der Waals surface area (Å²) >= 11 is 0. The summed E-state index contributed by atoms with van der Waals surface area (Å²) in [5.74, 6) is 0.879. The largest absolute Gasteiger partial charge is 0.490 e. The van der Waals surface area contributed by atoms with Crippen molar-refractivity contribution in [2.45, 2.75) is 27.7 Å². The molecule has 0 spiro atoms. The number of amides is 2. The first kappa shape index (κ1) is 24.6. The van der Waals surface area contributed by atoms with Gasteiger partial charge in [-0.05, 0) is 76.2 Å². The lowest BCUT2D eigenvalue weighted by Crippen LogP contribution is -2.14. The van der Waals surface area contributed by atoms with Crippen molar-refractivity contribution in [1.82, 2.24) is 0 Å². The van der Waals surface area contributed by atoms with Crippen molar-refractivity contribution in [2.75, 3.05) is 30.5 Å². The van der Waals surface area contributed by atoms with Gasteiger partial charge in [0.2, 0.25) is 5.75 Å². The second-order valence-corrected chi connectivity index (χ2v) is 7.46. The first-order chi connectivity index (χ1) is 16.4. The molecule has 0 fully saturated rings. The lowest BCUT2D eigenvalue weighted by molar-refractivity contribution is 0.101. The Morgan fingerprint density at radius 1 is 0.676 bits per heavy atom. The van der Waals surface area contributed by atoms with Gasteiger partial charge in [-0.1, -0.05) is 17.7 Å². The number of ether oxygens (including phenoxy) is 3. The van der Waals surface area contributed by atoms with Gasteiger partial charge in [0.25, 0.3) is 11.8 Å². The third-order valence-corrected chi connectivity index (χ3v) is 4.85. The van der Waals surface area contributed by atoms with Crippen molar-refractivity contribution in [3.63, 3.8) is 0 Å². The summed E-state index contributed by atoms with van der Waals surface area (Å²) in [6.07, 6.45) is 0. The molecule has 3 rings (SSSR count). The number of hydrogen-bond donors (Lipinski definition) is 2. The number of carbonyl (C=O) groups is 2. The molecular weight excluding hydrogens is 432 g/mol. The summed E-state index contributed by atoms with van der Waals surface area (Å²) in [7, 11) is 0. The molecule has 2 N–H and O–H groups in total. The van der Waals surface area contributed by atoms with Crippen LogP contribution in [0.5, 0.6) is 17.2 Å². The highest BCUT2D eigenvalue weighted by Gasteiger charge is 2.18. The molecule has 7 heteroatoms. The van der Waals surface area contributed by atoms with Gasteiger partial charge in [0.15, 0.2) is 11.5 Å². The third kappa shape index (κ3) is 6.28. The highest BCUT2D eigenvalue weighted by atomic mass is 16.5. The molecule has 3 aromatic rings. The Morgan fingerprint density at radius 2 is 1.18 bits per heavy atom. The highest BCUT2D eigenvalue weighted by Crippen LogP contribution is 2.39. The summed E-state index contributed by atoms with van der Waals surface area (Å²) in [4.78, 5) is 25.4. The minimum Gasteiger partial charge on any atom is -0.490 e. The molecule has 0 atom stereocenters. The number of rotatable bonds is 10. The van der Waals surface area contributed by atoms with Gasteiger partial charge in [0, 0.05) is 22.5 Å². The van der Waals surface area contributed by atoms with Gasteiger partial charge in [0.1, 0.15) is 0 Å². The topological polar surface area (TPSA) is 85.9 Å². The monoisotopic (exact) mass is 462 g/mol. The Hall–Kier alpha value is -4.00. The average Bonchev–Trinajstić information content (AvgIpc) is 2.82. The first-order valence-corrected chi connectivity index (χ1v) is 11.3. The Labute approximate surface area is 200 Å². The zero-order valence-corrected chi connectivity index (χ0v) is 19.9. The molecule has 0 heterocycles. The first-order valence-electron chi connectivity index (χ1n) is 11.3. The molecule has 7 nitrogen and oxygen atoms in total. The van der Waals surface area contributed by atoms with Crippen LogP contribution < -0.4 is 24.8 Å². The van der Waals surface area contributed by atoms with Crippen LogP contribution >= 0.6 is 0 Å². The molecule has 0 aromatic heterocycles. The van der Waals surface area contributed by atoms with E-state index in [1.54, 1.807) is 42.5 Å². The Kier molecular flexibility index (Phi) is 8.51. The number of anilines is 2. The standard InChI is InChI=1S/C27H30N2O5/c1-5-32-23-16-20(17-24(33-6-2)25(23)34-7-3)27(31)29-22-13-11-21(12-14-22)28-26(30)19-10-8-9-18(4)15-19/h8-17H,5-7H2,1-4H3,(H,28,30)(H,29,31). The zero-order valence-electron chi connectivity index (χ0n) is 19.9. The van der Waals surface area contributed by atoms with E-state index >= 15 is 0 Å². The van der Waals surface area contributed by atoms with Crippen LogP contribution in [0.15, 0.2) is 60.7 Å². The second kappa shape index (κ2) is 11.7. The molecule has 0 aliphatic heterocycles. The fraction of sp³-hybridized carbons (Fsp3) is 0.259. The second-order valence-electron chi connectivity index (χ2n) is 7.46. The van der Waals surface area contributed by atoms with Crippen molar-refractivity contribution < 1.29 is 23.8 Å². The lowest BCUT2D eigenvalue weighted by atomic mass is 10.1. The summed E-state index contributed by atoms with van der Waals surface area (Å²) in [6, 6.07) is 17.6. The van der Waals surface area contributed by atoms with E-state index in [0.29, 0.717) is 59.6 Å². The number of aryl methyl sites for hydroxylation is 1. The van der Waals surface area contributed by atoms with Crippen molar-refractivity contribution in [2.24, 2.45) is 0 Å².